The fourth-order valence-corrected chi connectivity index (χ4v) is 7.36. The van der Waals surface area contributed by atoms with Crippen LogP contribution >= 0.6 is 11.6 Å². The fraction of sp³-hybridized carbons (Fsp3) is 0.400. The number of nitrogens with one attached hydrogen (secondary N) is 1. The topological polar surface area (TPSA) is 76.2 Å². The lowest BCUT2D eigenvalue weighted by Gasteiger charge is -2.29. The molecule has 0 radical (unpaired) electrons. The number of likely N-dealkylation sites (N-methyl/N-ethyl adjacent to an activating group) is 1. The number of hydrogen-bond donors (Lipinski definition) is 1. The van der Waals surface area contributed by atoms with Crippen molar-refractivity contribution >= 4 is 21.6 Å². The number of rotatable bonds is 8. The number of aromatic nitrogens is 2. The lowest BCUT2D eigenvalue weighted by atomic mass is 9.81. The Morgan fingerprint density at radius 1 is 1.26 bits per heavy atom. The number of hydrogen-bond acceptors (Lipinski definition) is 5. The molecule has 35 heavy (non-hydrogen) atoms. The minimum atomic E-state index is -3.70. The first-order valence-corrected chi connectivity index (χ1v) is 13.5. The molecule has 0 bridgehead atoms. The van der Waals surface area contributed by atoms with Gasteiger partial charge in [-0.25, -0.2) is 17.5 Å². The monoisotopic (exact) mass is 516 g/mol. The summed E-state index contributed by atoms with van der Waals surface area (Å²) in [5.41, 5.74) is 3.49. The molecule has 1 spiro atoms. The summed E-state index contributed by atoms with van der Waals surface area (Å²) in [6.45, 7) is 0.0197. The van der Waals surface area contributed by atoms with E-state index >= 15 is 0 Å². The lowest BCUT2D eigenvalue weighted by molar-refractivity contribution is 0.226. The summed E-state index contributed by atoms with van der Waals surface area (Å²) in [5.74, 6) is -0.00514. The standard InChI is InChI=1S/C25H26ClFN4O3S/c1-30-14-18(13-28-30)35(32,33)29-6-7-34-22-11-19-16(10-21(22)27)12-25(23-24(25)31(23)2)20(19)9-15-4-3-5-17(26)8-15/h3-5,8,10-11,13-14,20,23-24,29H,6-7,9,12H2,1-2H3. The van der Waals surface area contributed by atoms with Gasteiger partial charge < -0.3 is 4.74 Å². The number of ether oxygens (including phenoxy) is 1. The van der Waals surface area contributed by atoms with Crippen LogP contribution in [0.2, 0.25) is 5.02 Å². The second-order valence-electron chi connectivity index (χ2n) is 9.81. The Labute approximate surface area is 208 Å². The quantitative estimate of drug-likeness (QED) is 0.368. The number of aryl methyl sites for hydroxylation is 1. The Kier molecular flexibility index (Phi) is 5.27. The average molecular weight is 517 g/mol. The highest BCUT2D eigenvalue weighted by Gasteiger charge is 2.84. The van der Waals surface area contributed by atoms with E-state index in [2.05, 4.69) is 27.8 Å². The van der Waals surface area contributed by atoms with Gasteiger partial charge in [-0.2, -0.15) is 5.10 Å². The summed E-state index contributed by atoms with van der Waals surface area (Å²) in [6, 6.07) is 12.4. The van der Waals surface area contributed by atoms with E-state index in [4.69, 9.17) is 16.3 Å². The van der Waals surface area contributed by atoms with Crippen LogP contribution in [0.4, 0.5) is 4.39 Å². The molecule has 3 aromatic rings. The molecule has 0 amide bonds. The van der Waals surface area contributed by atoms with E-state index < -0.39 is 15.8 Å². The molecular weight excluding hydrogens is 491 g/mol. The van der Waals surface area contributed by atoms with Crippen LogP contribution in [0.15, 0.2) is 53.7 Å². The van der Waals surface area contributed by atoms with Crippen LogP contribution in [-0.4, -0.2) is 55.4 Å². The van der Waals surface area contributed by atoms with Gasteiger partial charge in [-0.3, -0.25) is 9.58 Å². The minimum Gasteiger partial charge on any atom is -0.489 e. The van der Waals surface area contributed by atoms with Crippen molar-refractivity contribution in [1.82, 2.24) is 19.4 Å². The molecule has 1 saturated carbocycles. The molecule has 1 saturated heterocycles. The number of benzene rings is 2. The number of sulfonamides is 1. The summed E-state index contributed by atoms with van der Waals surface area (Å²) < 4.78 is 49.2. The van der Waals surface area contributed by atoms with Gasteiger partial charge >= 0.3 is 0 Å². The van der Waals surface area contributed by atoms with Crippen LogP contribution in [0, 0.1) is 11.2 Å². The highest BCUT2D eigenvalue weighted by Crippen LogP contribution is 2.76. The van der Waals surface area contributed by atoms with Crippen molar-refractivity contribution in [2.24, 2.45) is 12.5 Å². The first-order chi connectivity index (χ1) is 16.7. The Bertz CT molecular complexity index is 1420. The Hall–Kier alpha value is -2.46. The predicted molar refractivity (Wildman–Crippen MR) is 130 cm³/mol. The van der Waals surface area contributed by atoms with Crippen molar-refractivity contribution < 1.29 is 17.5 Å². The summed E-state index contributed by atoms with van der Waals surface area (Å²) >= 11 is 6.24. The third-order valence-electron chi connectivity index (χ3n) is 7.77. The summed E-state index contributed by atoms with van der Waals surface area (Å²) in [6.07, 6.45) is 4.40. The van der Waals surface area contributed by atoms with Gasteiger partial charge in [0.05, 0.1) is 6.20 Å². The van der Waals surface area contributed by atoms with Crippen LogP contribution in [0.25, 0.3) is 0 Å². The van der Waals surface area contributed by atoms with Crippen LogP contribution < -0.4 is 9.46 Å². The highest BCUT2D eigenvalue weighted by molar-refractivity contribution is 7.89. The van der Waals surface area contributed by atoms with Gasteiger partial charge in [0.2, 0.25) is 10.0 Å². The van der Waals surface area contributed by atoms with Gasteiger partial charge in [-0.05, 0) is 66.8 Å². The smallest absolute Gasteiger partial charge is 0.243 e. The normalized spacial score (nSPS) is 28.1. The largest absolute Gasteiger partial charge is 0.489 e. The summed E-state index contributed by atoms with van der Waals surface area (Å²) in [5, 5.41) is 4.59. The van der Waals surface area contributed by atoms with E-state index in [1.54, 1.807) is 13.1 Å². The molecule has 3 unspecified atom stereocenters. The third-order valence-corrected chi connectivity index (χ3v) is 9.42. The zero-order valence-corrected chi connectivity index (χ0v) is 21.0. The maximum Gasteiger partial charge on any atom is 0.243 e. The molecule has 1 aliphatic heterocycles. The van der Waals surface area contributed by atoms with Crippen LogP contribution in [-0.2, 0) is 29.9 Å². The van der Waals surface area contributed by atoms with Gasteiger partial charge in [0.15, 0.2) is 11.6 Å². The first kappa shape index (κ1) is 23.0. The summed E-state index contributed by atoms with van der Waals surface area (Å²) in [4.78, 5) is 2.45. The fourth-order valence-electron chi connectivity index (χ4n) is 6.15. The number of fused-ring (bicyclic) bond motifs is 4. The van der Waals surface area contributed by atoms with Crippen LogP contribution in [0.1, 0.15) is 22.6 Å². The molecule has 2 fully saturated rings. The maximum atomic E-state index is 14.9. The molecule has 2 aliphatic carbocycles. The number of halogens is 2. The van der Waals surface area contributed by atoms with Crippen molar-refractivity contribution in [3.63, 3.8) is 0 Å². The zero-order valence-electron chi connectivity index (χ0n) is 19.4. The third kappa shape index (κ3) is 3.76. The van der Waals surface area contributed by atoms with E-state index in [-0.39, 0.29) is 35.1 Å². The molecule has 184 valence electrons. The van der Waals surface area contributed by atoms with Gasteiger partial charge in [0, 0.05) is 42.3 Å². The molecule has 3 atom stereocenters. The van der Waals surface area contributed by atoms with Gasteiger partial charge in [-0.15, -0.1) is 0 Å². The van der Waals surface area contributed by atoms with Gasteiger partial charge in [0.25, 0.3) is 0 Å². The van der Waals surface area contributed by atoms with Crippen LogP contribution in [0.3, 0.4) is 0 Å². The van der Waals surface area contributed by atoms with Crippen molar-refractivity contribution in [2.45, 2.75) is 35.7 Å². The molecule has 2 heterocycles. The van der Waals surface area contributed by atoms with Crippen molar-refractivity contribution in [3.8, 4) is 5.75 Å². The molecule has 7 nitrogen and oxygen atoms in total. The molecule has 2 aromatic carbocycles. The lowest BCUT2D eigenvalue weighted by Crippen LogP contribution is -2.31. The molecular formula is C25H26ClFN4O3S. The van der Waals surface area contributed by atoms with Crippen molar-refractivity contribution in [3.05, 3.63) is 76.3 Å². The maximum absolute atomic E-state index is 14.9. The summed E-state index contributed by atoms with van der Waals surface area (Å²) in [7, 11) is 0.0884. The molecule has 10 heteroatoms. The number of likely N-dealkylation sites (tertiary alicyclic amines) is 1. The second kappa shape index (κ2) is 8.03. The SMILES string of the molecule is CN1C2C1C21Cc2cc(F)c(OCCNS(=O)(=O)c3cnn(C)c3)cc2C1Cc1cccc(Cl)c1. The number of nitrogens with zero attached hydrogens (tertiary/aromatic N) is 3. The Morgan fingerprint density at radius 3 is 2.74 bits per heavy atom. The van der Waals surface area contributed by atoms with Crippen molar-refractivity contribution in [1.29, 1.82) is 0 Å². The Morgan fingerprint density at radius 2 is 2.06 bits per heavy atom. The molecule has 6 rings (SSSR count). The molecule has 1 aromatic heterocycles. The van der Waals surface area contributed by atoms with Crippen LogP contribution in [0.5, 0.6) is 5.75 Å². The zero-order chi connectivity index (χ0) is 24.5. The molecule has 1 N–H and O–H groups in total. The minimum absolute atomic E-state index is 0.00723. The first-order valence-electron chi connectivity index (χ1n) is 11.6. The van der Waals surface area contributed by atoms with Crippen molar-refractivity contribution in [2.75, 3.05) is 20.2 Å². The molecule has 3 aliphatic rings. The van der Waals surface area contributed by atoms with Gasteiger partial charge in [-0.1, -0.05) is 23.7 Å². The van der Waals surface area contributed by atoms with Gasteiger partial charge in [0.1, 0.15) is 11.5 Å². The highest BCUT2D eigenvalue weighted by atomic mass is 35.5. The van der Waals surface area contributed by atoms with E-state index in [1.807, 2.05) is 24.3 Å². The van der Waals surface area contributed by atoms with E-state index in [9.17, 15) is 12.8 Å². The average Bonchev–Trinajstić information content (AvgIpc) is 3.56. The predicted octanol–water partition coefficient (Wildman–Crippen LogP) is 3.13. The van der Waals surface area contributed by atoms with E-state index in [1.165, 1.54) is 22.6 Å². The Balaban J connectivity index is 1.18. The van der Waals surface area contributed by atoms with E-state index in [0.717, 1.165) is 24.0 Å². The second-order valence-corrected chi connectivity index (χ2v) is 12.0. The van der Waals surface area contributed by atoms with E-state index in [0.29, 0.717) is 17.1 Å².